The summed E-state index contributed by atoms with van der Waals surface area (Å²) in [4.78, 5) is 48.9. The molecule has 0 saturated carbocycles. The predicted molar refractivity (Wildman–Crippen MR) is 181 cm³/mol. The second-order valence-corrected chi connectivity index (χ2v) is 14.1. The van der Waals surface area contributed by atoms with E-state index in [1.807, 2.05) is 83.1 Å². The molecule has 242 valence electrons. The number of rotatable bonds is 7. The SMILES string of the molecule is Cc1cc(C)cc(C(=O)N2CCN(C(=O)CCN3C[C@H]4C[C@@]3(C)CN4C(=O)[C@H](N)c3ccccc3)[C@H](c3ccc(Cl)c(Cl)c3)C2)c1. The number of hydrogen-bond donors (Lipinski definition) is 1. The van der Waals surface area contributed by atoms with Gasteiger partial charge >= 0.3 is 0 Å². The molecule has 0 radical (unpaired) electrons. The van der Waals surface area contributed by atoms with Gasteiger partial charge in [0.05, 0.1) is 16.1 Å². The first-order chi connectivity index (χ1) is 21.9. The molecule has 3 heterocycles. The van der Waals surface area contributed by atoms with E-state index in [4.69, 9.17) is 28.9 Å². The summed E-state index contributed by atoms with van der Waals surface area (Å²) in [6.45, 7) is 9.27. The highest BCUT2D eigenvalue weighted by Gasteiger charge is 2.53. The number of carbonyl (C=O) groups excluding carboxylic acids is 3. The van der Waals surface area contributed by atoms with Gasteiger partial charge in [-0.1, -0.05) is 76.8 Å². The van der Waals surface area contributed by atoms with Crippen LogP contribution in [0.15, 0.2) is 66.7 Å². The van der Waals surface area contributed by atoms with Crippen molar-refractivity contribution in [3.8, 4) is 0 Å². The lowest BCUT2D eigenvalue weighted by atomic mass is 9.99. The molecule has 0 spiro atoms. The summed E-state index contributed by atoms with van der Waals surface area (Å²) in [7, 11) is 0. The lowest BCUT2D eigenvalue weighted by Gasteiger charge is -2.43. The Morgan fingerprint density at radius 3 is 2.28 bits per heavy atom. The van der Waals surface area contributed by atoms with E-state index in [9.17, 15) is 14.4 Å². The normalized spacial score (nSPS) is 23.6. The van der Waals surface area contributed by atoms with Crippen molar-refractivity contribution in [2.24, 2.45) is 5.73 Å². The highest BCUT2D eigenvalue weighted by molar-refractivity contribution is 6.42. The summed E-state index contributed by atoms with van der Waals surface area (Å²) in [5.74, 6) is -0.0654. The zero-order valence-corrected chi connectivity index (χ0v) is 28.1. The highest BCUT2D eigenvalue weighted by Crippen LogP contribution is 2.41. The largest absolute Gasteiger partial charge is 0.335 e. The first kappa shape index (κ1) is 32.5. The molecular formula is C36H41Cl2N5O3. The van der Waals surface area contributed by atoms with Gasteiger partial charge in [0, 0.05) is 62.8 Å². The molecule has 3 saturated heterocycles. The lowest BCUT2D eigenvalue weighted by Crippen LogP contribution is -2.56. The third-order valence-corrected chi connectivity index (χ3v) is 10.6. The van der Waals surface area contributed by atoms with Crippen molar-refractivity contribution in [2.75, 3.05) is 39.3 Å². The van der Waals surface area contributed by atoms with Gasteiger partial charge in [0.25, 0.3) is 5.91 Å². The first-order valence-electron chi connectivity index (χ1n) is 15.9. The van der Waals surface area contributed by atoms with E-state index < -0.39 is 6.04 Å². The molecule has 3 amide bonds. The average Bonchev–Trinajstić information content (AvgIpc) is 3.56. The van der Waals surface area contributed by atoms with E-state index in [1.54, 1.807) is 12.1 Å². The maximum Gasteiger partial charge on any atom is 0.254 e. The van der Waals surface area contributed by atoms with Crippen LogP contribution in [0.4, 0.5) is 0 Å². The van der Waals surface area contributed by atoms with Crippen molar-refractivity contribution >= 4 is 40.9 Å². The number of nitrogens with zero attached hydrogens (tertiary/aromatic N) is 4. The van der Waals surface area contributed by atoms with Gasteiger partial charge in [-0.05, 0) is 62.6 Å². The third-order valence-electron chi connectivity index (χ3n) is 9.91. The second kappa shape index (κ2) is 13.0. The number of hydrogen-bond acceptors (Lipinski definition) is 5. The van der Waals surface area contributed by atoms with Gasteiger partial charge in [-0.25, -0.2) is 0 Å². The Balaban J connectivity index is 1.13. The van der Waals surface area contributed by atoms with Crippen molar-refractivity contribution in [2.45, 2.75) is 57.3 Å². The van der Waals surface area contributed by atoms with Crippen LogP contribution in [0.3, 0.4) is 0 Å². The van der Waals surface area contributed by atoms with E-state index in [0.717, 1.165) is 28.7 Å². The third kappa shape index (κ3) is 6.41. The van der Waals surface area contributed by atoms with Crippen LogP contribution >= 0.6 is 23.2 Å². The molecule has 46 heavy (non-hydrogen) atoms. The number of halogens is 2. The zero-order chi connectivity index (χ0) is 32.7. The van der Waals surface area contributed by atoms with Gasteiger partial charge in [0.15, 0.2) is 0 Å². The number of fused-ring (bicyclic) bond motifs is 2. The lowest BCUT2D eigenvalue weighted by molar-refractivity contribution is -0.138. The summed E-state index contributed by atoms with van der Waals surface area (Å²) in [5.41, 5.74) is 10.5. The number of aryl methyl sites for hydroxylation is 2. The van der Waals surface area contributed by atoms with Crippen LogP contribution in [0, 0.1) is 13.8 Å². The van der Waals surface area contributed by atoms with E-state index in [2.05, 4.69) is 11.8 Å². The van der Waals surface area contributed by atoms with E-state index >= 15 is 0 Å². The van der Waals surface area contributed by atoms with Crippen LogP contribution in [0.5, 0.6) is 0 Å². The molecule has 6 rings (SSSR count). The fourth-order valence-corrected chi connectivity index (χ4v) is 7.88. The summed E-state index contributed by atoms with van der Waals surface area (Å²) in [6, 6.07) is 19.8. The quantitative estimate of drug-likeness (QED) is 0.366. The van der Waals surface area contributed by atoms with Gasteiger partial charge in [-0.3, -0.25) is 19.3 Å². The molecule has 4 atom stereocenters. The number of nitrogens with two attached hydrogens (primary N) is 1. The Labute approximate surface area is 281 Å². The van der Waals surface area contributed by atoms with Crippen molar-refractivity contribution < 1.29 is 14.4 Å². The molecule has 8 nitrogen and oxygen atoms in total. The highest BCUT2D eigenvalue weighted by atomic mass is 35.5. The molecule has 2 N–H and O–H groups in total. The summed E-state index contributed by atoms with van der Waals surface area (Å²) in [6.07, 6.45) is 1.20. The molecule has 3 aliphatic rings. The molecule has 3 fully saturated rings. The topological polar surface area (TPSA) is 90.2 Å². The monoisotopic (exact) mass is 661 g/mol. The van der Waals surface area contributed by atoms with Crippen molar-refractivity contribution in [1.82, 2.24) is 19.6 Å². The van der Waals surface area contributed by atoms with E-state index in [-0.39, 0.29) is 35.3 Å². The van der Waals surface area contributed by atoms with Gasteiger partial charge < -0.3 is 20.4 Å². The maximum atomic E-state index is 13.9. The van der Waals surface area contributed by atoms with Crippen LogP contribution in [-0.4, -0.2) is 88.2 Å². The number of piperazine rings is 2. The number of likely N-dealkylation sites (tertiary alicyclic amines) is 2. The number of carbonyl (C=O) groups is 3. The van der Waals surface area contributed by atoms with Gasteiger partial charge in [0.2, 0.25) is 11.8 Å². The molecule has 2 bridgehead atoms. The zero-order valence-electron chi connectivity index (χ0n) is 26.6. The minimum absolute atomic E-state index is 0.0278. The Kier molecular flexibility index (Phi) is 9.18. The number of benzene rings is 3. The molecule has 0 aliphatic carbocycles. The second-order valence-electron chi connectivity index (χ2n) is 13.3. The Hall–Kier alpha value is -3.43. The van der Waals surface area contributed by atoms with Gasteiger partial charge in [-0.2, -0.15) is 0 Å². The summed E-state index contributed by atoms with van der Waals surface area (Å²) >= 11 is 12.7. The fourth-order valence-electron chi connectivity index (χ4n) is 7.57. The van der Waals surface area contributed by atoms with E-state index in [0.29, 0.717) is 61.3 Å². The molecule has 3 aromatic carbocycles. The standard InChI is InChI=1S/C36H41Cl2N5O3/c1-23-15-24(2)17-27(16-23)34(45)40-13-14-42(31(21-40)26-9-10-29(37)30(38)18-26)32(44)11-12-41-20-28-19-36(41,3)22-43(28)35(46)33(39)25-7-5-4-6-8-25/h4-10,15-18,28,31,33H,11-14,19-22,39H2,1-3H3/t28-,31+,33-,36+/m1/s1. The minimum atomic E-state index is -0.682. The van der Waals surface area contributed by atoms with Crippen molar-refractivity contribution in [3.63, 3.8) is 0 Å². The molecule has 10 heteroatoms. The van der Waals surface area contributed by atoms with Crippen LogP contribution in [-0.2, 0) is 9.59 Å². The molecular weight excluding hydrogens is 621 g/mol. The fraction of sp³-hybridized carbons (Fsp3) is 0.417. The van der Waals surface area contributed by atoms with Crippen LogP contribution < -0.4 is 5.73 Å². The number of amides is 3. The Morgan fingerprint density at radius 1 is 0.913 bits per heavy atom. The van der Waals surface area contributed by atoms with Crippen LogP contribution in [0.2, 0.25) is 10.0 Å². The summed E-state index contributed by atoms with van der Waals surface area (Å²) in [5, 5.41) is 0.855. The molecule has 0 unspecified atom stereocenters. The minimum Gasteiger partial charge on any atom is -0.335 e. The summed E-state index contributed by atoms with van der Waals surface area (Å²) < 4.78 is 0. The average molecular weight is 663 g/mol. The maximum absolute atomic E-state index is 13.9. The molecule has 3 aromatic rings. The van der Waals surface area contributed by atoms with Crippen LogP contribution in [0.1, 0.15) is 64.5 Å². The molecule has 0 aromatic heterocycles. The Bertz CT molecular complexity index is 1630. The van der Waals surface area contributed by atoms with Gasteiger partial charge in [0.1, 0.15) is 6.04 Å². The predicted octanol–water partition coefficient (Wildman–Crippen LogP) is 5.40. The van der Waals surface area contributed by atoms with Crippen molar-refractivity contribution in [3.05, 3.63) is 105 Å². The van der Waals surface area contributed by atoms with Gasteiger partial charge in [-0.15, -0.1) is 0 Å². The van der Waals surface area contributed by atoms with Crippen molar-refractivity contribution in [1.29, 1.82) is 0 Å². The molecule has 3 aliphatic heterocycles. The first-order valence-corrected chi connectivity index (χ1v) is 16.7. The Morgan fingerprint density at radius 2 is 1.63 bits per heavy atom. The smallest absolute Gasteiger partial charge is 0.254 e. The van der Waals surface area contributed by atoms with E-state index in [1.165, 1.54) is 0 Å². The van der Waals surface area contributed by atoms with Crippen LogP contribution in [0.25, 0.3) is 0 Å².